The van der Waals surface area contributed by atoms with E-state index in [0.717, 1.165) is 0 Å². The van der Waals surface area contributed by atoms with E-state index in [1.807, 2.05) is 6.92 Å². The van der Waals surface area contributed by atoms with Crippen LogP contribution < -0.4 is 11.2 Å². The Bertz CT molecular complexity index is 565. The van der Waals surface area contributed by atoms with Crippen molar-refractivity contribution in [3.8, 4) is 0 Å². The van der Waals surface area contributed by atoms with Gasteiger partial charge in [0.05, 0.1) is 17.2 Å². The highest BCUT2D eigenvalue weighted by atomic mass is 32.1. The second-order valence-corrected chi connectivity index (χ2v) is 4.70. The highest BCUT2D eigenvalue weighted by Crippen LogP contribution is 2.24. The van der Waals surface area contributed by atoms with Crippen LogP contribution in [-0.2, 0) is 0 Å². The van der Waals surface area contributed by atoms with E-state index in [9.17, 15) is 9.59 Å². The number of hydrogen-bond donors (Lipinski definition) is 2. The molecule has 0 aliphatic carbocycles. The minimum atomic E-state index is -0.441. The van der Waals surface area contributed by atoms with Gasteiger partial charge in [0.15, 0.2) is 5.11 Å². The molecule has 0 radical (unpaired) electrons. The summed E-state index contributed by atoms with van der Waals surface area (Å²) in [6.45, 7) is 1.86. The van der Waals surface area contributed by atoms with Crippen molar-refractivity contribution in [2.75, 3.05) is 0 Å². The summed E-state index contributed by atoms with van der Waals surface area (Å²) in [4.78, 5) is 25.8. The molecule has 20 heavy (non-hydrogen) atoms. The van der Waals surface area contributed by atoms with Gasteiger partial charge >= 0.3 is 0 Å². The van der Waals surface area contributed by atoms with Crippen LogP contribution in [0.2, 0.25) is 0 Å². The largest absolute Gasteiger partial charge is 0.375 e. The van der Waals surface area contributed by atoms with E-state index in [4.69, 9.17) is 5.73 Å². The van der Waals surface area contributed by atoms with E-state index < -0.39 is 6.04 Å². The molecular weight excluding hydrogens is 276 g/mol. The summed E-state index contributed by atoms with van der Waals surface area (Å²) in [6, 6.07) is 6.32. The zero-order valence-electron chi connectivity index (χ0n) is 10.9. The summed E-state index contributed by atoms with van der Waals surface area (Å²) in [5.74, 6) is -0.613. The summed E-state index contributed by atoms with van der Waals surface area (Å²) in [5.41, 5.74) is 8.52. The number of carbonyl (C=O) groups is 2. The van der Waals surface area contributed by atoms with E-state index in [1.165, 1.54) is 11.1 Å². The van der Waals surface area contributed by atoms with E-state index in [-0.39, 0.29) is 16.9 Å². The van der Waals surface area contributed by atoms with E-state index >= 15 is 0 Å². The Hall–Kier alpha value is -2.28. The fourth-order valence-corrected chi connectivity index (χ4v) is 2.10. The molecule has 1 aliphatic rings. The Kier molecular flexibility index (Phi) is 4.09. The van der Waals surface area contributed by atoms with Gasteiger partial charge in [0.2, 0.25) is 0 Å². The molecule has 1 heterocycles. The summed E-state index contributed by atoms with van der Waals surface area (Å²) in [7, 11) is 0. The van der Waals surface area contributed by atoms with Gasteiger partial charge in [0, 0.05) is 6.21 Å². The first-order valence-electron chi connectivity index (χ1n) is 6.11. The van der Waals surface area contributed by atoms with Gasteiger partial charge in [-0.3, -0.25) is 19.9 Å². The number of nitrogens with zero attached hydrogens (tertiary/aromatic N) is 2. The van der Waals surface area contributed by atoms with Crippen LogP contribution in [0.1, 0.15) is 34.1 Å². The predicted octanol–water partition coefficient (Wildman–Crippen LogP) is 0.880. The zero-order valence-corrected chi connectivity index (χ0v) is 11.7. The molecule has 0 bridgehead atoms. The van der Waals surface area contributed by atoms with Gasteiger partial charge in [-0.2, -0.15) is 5.10 Å². The smallest absolute Gasteiger partial charge is 0.262 e. The van der Waals surface area contributed by atoms with Crippen LogP contribution >= 0.6 is 12.2 Å². The van der Waals surface area contributed by atoms with E-state index in [2.05, 4.69) is 22.7 Å². The van der Waals surface area contributed by atoms with Crippen LogP contribution in [0.25, 0.3) is 0 Å². The maximum absolute atomic E-state index is 12.3. The maximum atomic E-state index is 12.3. The number of rotatable bonds is 4. The lowest BCUT2D eigenvalue weighted by atomic mass is 10.1. The van der Waals surface area contributed by atoms with Crippen LogP contribution in [0.3, 0.4) is 0 Å². The number of nitrogens with two attached hydrogens (primary N) is 1. The summed E-state index contributed by atoms with van der Waals surface area (Å²) in [5, 5.41) is 3.86. The third-order valence-electron chi connectivity index (χ3n) is 3.00. The average Bonchev–Trinajstić information content (AvgIpc) is 2.68. The van der Waals surface area contributed by atoms with Gasteiger partial charge in [-0.05, 0) is 30.8 Å². The first kappa shape index (κ1) is 14.1. The van der Waals surface area contributed by atoms with Gasteiger partial charge in [-0.1, -0.05) is 19.1 Å². The van der Waals surface area contributed by atoms with Gasteiger partial charge in [0.1, 0.15) is 0 Å². The van der Waals surface area contributed by atoms with Crippen molar-refractivity contribution in [3.05, 3.63) is 35.4 Å². The molecule has 7 heteroatoms. The quantitative estimate of drug-likeness (QED) is 0.372. The molecule has 0 spiro atoms. The number of nitrogens with one attached hydrogen (secondary N) is 1. The van der Waals surface area contributed by atoms with Gasteiger partial charge < -0.3 is 5.73 Å². The molecule has 1 unspecified atom stereocenters. The Morgan fingerprint density at radius 2 is 1.95 bits per heavy atom. The molecule has 0 saturated carbocycles. The monoisotopic (exact) mass is 290 g/mol. The van der Waals surface area contributed by atoms with Gasteiger partial charge in [0.25, 0.3) is 11.8 Å². The Morgan fingerprint density at radius 3 is 2.40 bits per heavy atom. The number of imide groups is 1. The van der Waals surface area contributed by atoms with Crippen molar-refractivity contribution in [2.45, 2.75) is 19.4 Å². The predicted molar refractivity (Wildman–Crippen MR) is 79.4 cm³/mol. The Labute approximate surface area is 121 Å². The van der Waals surface area contributed by atoms with Crippen LogP contribution in [0.5, 0.6) is 0 Å². The standard InChI is InChI=1S/C13H14N4O2S/c1-2-8(7-15-16-13(14)20)17-11(18)9-5-3-4-6-10(9)12(17)19/h3-8H,2H2,1H3,(H3,14,16,20). The second-order valence-electron chi connectivity index (χ2n) is 4.26. The normalized spacial score (nSPS) is 15.6. The average molecular weight is 290 g/mol. The zero-order chi connectivity index (χ0) is 14.7. The minimum absolute atomic E-state index is 0.0264. The Morgan fingerprint density at radius 1 is 1.40 bits per heavy atom. The molecule has 6 nitrogen and oxygen atoms in total. The number of fused-ring (bicyclic) bond motifs is 1. The molecule has 0 saturated heterocycles. The van der Waals surface area contributed by atoms with Crippen molar-refractivity contribution in [2.24, 2.45) is 10.8 Å². The molecule has 104 valence electrons. The number of amides is 2. The molecule has 1 aromatic carbocycles. The summed E-state index contributed by atoms with van der Waals surface area (Å²) >= 11 is 4.63. The highest BCUT2D eigenvalue weighted by Gasteiger charge is 2.38. The van der Waals surface area contributed by atoms with Crippen molar-refractivity contribution < 1.29 is 9.59 Å². The number of carbonyl (C=O) groups excluding carboxylic acids is 2. The van der Waals surface area contributed by atoms with E-state index in [1.54, 1.807) is 24.3 Å². The fourth-order valence-electron chi connectivity index (χ4n) is 2.05. The SMILES string of the molecule is CCC(C=NNC(N)=S)N1C(=O)c2ccccc2C1=O. The van der Waals surface area contributed by atoms with Gasteiger partial charge in [-0.25, -0.2) is 0 Å². The molecule has 0 aromatic heterocycles. The Balaban J connectivity index is 2.25. The lowest BCUT2D eigenvalue weighted by Crippen LogP contribution is -2.41. The molecule has 2 amide bonds. The van der Waals surface area contributed by atoms with E-state index in [0.29, 0.717) is 17.5 Å². The molecule has 3 N–H and O–H groups in total. The lowest BCUT2D eigenvalue weighted by molar-refractivity contribution is 0.0626. The molecule has 1 aromatic rings. The number of thiocarbonyl (C=S) groups is 1. The number of hydrogen-bond acceptors (Lipinski definition) is 4. The topological polar surface area (TPSA) is 87.8 Å². The number of benzene rings is 1. The third-order valence-corrected chi connectivity index (χ3v) is 3.09. The lowest BCUT2D eigenvalue weighted by Gasteiger charge is -2.21. The fraction of sp³-hybridized carbons (Fsp3) is 0.231. The molecular formula is C13H14N4O2S. The second kappa shape index (κ2) is 5.79. The summed E-state index contributed by atoms with van der Waals surface area (Å²) in [6.07, 6.45) is 2.01. The van der Waals surface area contributed by atoms with Crippen LogP contribution in [0.15, 0.2) is 29.4 Å². The van der Waals surface area contributed by atoms with Crippen molar-refractivity contribution >= 4 is 35.4 Å². The van der Waals surface area contributed by atoms with Crippen molar-refractivity contribution in [3.63, 3.8) is 0 Å². The minimum Gasteiger partial charge on any atom is -0.375 e. The van der Waals surface area contributed by atoms with Crippen molar-refractivity contribution in [1.82, 2.24) is 10.3 Å². The van der Waals surface area contributed by atoms with Crippen LogP contribution in [-0.4, -0.2) is 34.1 Å². The van der Waals surface area contributed by atoms with Crippen LogP contribution in [0, 0.1) is 0 Å². The molecule has 0 fully saturated rings. The molecule has 1 aliphatic heterocycles. The maximum Gasteiger partial charge on any atom is 0.262 e. The third kappa shape index (κ3) is 2.53. The van der Waals surface area contributed by atoms with Crippen molar-refractivity contribution in [1.29, 1.82) is 0 Å². The summed E-state index contributed by atoms with van der Waals surface area (Å²) < 4.78 is 0. The first-order chi connectivity index (χ1) is 9.56. The highest BCUT2D eigenvalue weighted by molar-refractivity contribution is 7.80. The van der Waals surface area contributed by atoms with Crippen LogP contribution in [0.4, 0.5) is 0 Å². The molecule has 1 atom stereocenters. The molecule has 2 rings (SSSR count). The number of hydrazone groups is 1. The van der Waals surface area contributed by atoms with Gasteiger partial charge in [-0.15, -0.1) is 0 Å². The first-order valence-corrected chi connectivity index (χ1v) is 6.52.